The Morgan fingerprint density at radius 2 is 2.03 bits per heavy atom. The van der Waals surface area contributed by atoms with Gasteiger partial charge in [0.25, 0.3) is 11.2 Å². The van der Waals surface area contributed by atoms with Crippen LogP contribution in [0.1, 0.15) is 18.9 Å². The summed E-state index contributed by atoms with van der Waals surface area (Å²) in [4.78, 5) is 34.5. The predicted octanol–water partition coefficient (Wildman–Crippen LogP) is 2.93. The van der Waals surface area contributed by atoms with Gasteiger partial charge in [-0.25, -0.2) is 4.98 Å². The molecule has 0 bridgehead atoms. The first-order valence-electron chi connectivity index (χ1n) is 9.75. The number of H-pyrrole nitrogens is 1. The van der Waals surface area contributed by atoms with E-state index in [0.717, 1.165) is 19.5 Å². The second kappa shape index (κ2) is 8.00. The van der Waals surface area contributed by atoms with Crippen LogP contribution in [0.25, 0.3) is 10.9 Å². The molecule has 1 aromatic heterocycles. The van der Waals surface area contributed by atoms with Gasteiger partial charge in [0.2, 0.25) is 0 Å². The number of aromatic nitrogens is 2. The molecule has 3 aromatic rings. The molecule has 0 amide bonds. The SMILES string of the molecule is CCC1CN(c2cc3nc[nH]c(=O)c3cc2[N+](=O)[O-])CCN1Cc1ccccc1. The van der Waals surface area contributed by atoms with Crippen LogP contribution in [-0.4, -0.2) is 45.5 Å². The van der Waals surface area contributed by atoms with Gasteiger partial charge in [0, 0.05) is 38.3 Å². The number of nitrogens with zero attached hydrogens (tertiary/aromatic N) is 4. The molecular formula is C21H23N5O3. The summed E-state index contributed by atoms with van der Waals surface area (Å²) in [7, 11) is 0. The van der Waals surface area contributed by atoms with E-state index in [1.54, 1.807) is 6.07 Å². The molecule has 29 heavy (non-hydrogen) atoms. The summed E-state index contributed by atoms with van der Waals surface area (Å²) < 4.78 is 0. The molecule has 0 saturated carbocycles. The summed E-state index contributed by atoms with van der Waals surface area (Å²) in [5.74, 6) is 0. The fourth-order valence-electron chi connectivity index (χ4n) is 4.02. The molecule has 2 aromatic carbocycles. The third kappa shape index (κ3) is 3.84. The highest BCUT2D eigenvalue weighted by molar-refractivity contribution is 5.87. The Labute approximate surface area is 167 Å². The quantitative estimate of drug-likeness (QED) is 0.529. The van der Waals surface area contributed by atoms with Crippen molar-refractivity contribution in [3.8, 4) is 0 Å². The van der Waals surface area contributed by atoms with E-state index in [9.17, 15) is 14.9 Å². The molecule has 4 rings (SSSR count). The van der Waals surface area contributed by atoms with Crippen molar-refractivity contribution in [1.82, 2.24) is 14.9 Å². The number of fused-ring (bicyclic) bond motifs is 1. The number of hydrogen-bond acceptors (Lipinski definition) is 6. The zero-order valence-electron chi connectivity index (χ0n) is 16.2. The summed E-state index contributed by atoms with van der Waals surface area (Å²) in [6, 6.07) is 13.6. The van der Waals surface area contributed by atoms with E-state index in [1.165, 1.54) is 18.0 Å². The molecular weight excluding hydrogens is 370 g/mol. The minimum absolute atomic E-state index is 0.0534. The minimum atomic E-state index is -0.418. The fraction of sp³-hybridized carbons (Fsp3) is 0.333. The first-order valence-corrected chi connectivity index (χ1v) is 9.75. The zero-order chi connectivity index (χ0) is 20.4. The summed E-state index contributed by atoms with van der Waals surface area (Å²) in [5.41, 5.74) is 1.83. The third-order valence-electron chi connectivity index (χ3n) is 5.58. The van der Waals surface area contributed by atoms with Gasteiger partial charge in [-0.15, -0.1) is 0 Å². The van der Waals surface area contributed by atoms with E-state index < -0.39 is 4.92 Å². The Bertz CT molecular complexity index is 1080. The largest absolute Gasteiger partial charge is 0.363 e. The number of hydrogen-bond donors (Lipinski definition) is 1. The van der Waals surface area contributed by atoms with E-state index >= 15 is 0 Å². The molecule has 1 N–H and O–H groups in total. The van der Waals surface area contributed by atoms with Crippen molar-refractivity contribution in [3.05, 3.63) is 74.8 Å². The topological polar surface area (TPSA) is 95.4 Å². The van der Waals surface area contributed by atoms with E-state index in [-0.39, 0.29) is 22.7 Å². The van der Waals surface area contributed by atoms with Gasteiger partial charge in [0.1, 0.15) is 5.69 Å². The number of benzene rings is 2. The van der Waals surface area contributed by atoms with Crippen LogP contribution in [0.3, 0.4) is 0 Å². The molecule has 8 nitrogen and oxygen atoms in total. The lowest BCUT2D eigenvalue weighted by atomic mass is 10.1. The van der Waals surface area contributed by atoms with Crippen molar-refractivity contribution in [3.63, 3.8) is 0 Å². The van der Waals surface area contributed by atoms with Crippen molar-refractivity contribution in [2.24, 2.45) is 0 Å². The molecule has 0 aliphatic carbocycles. The second-order valence-corrected chi connectivity index (χ2v) is 7.31. The Morgan fingerprint density at radius 3 is 2.76 bits per heavy atom. The highest BCUT2D eigenvalue weighted by Gasteiger charge is 2.30. The smallest absolute Gasteiger partial charge is 0.293 e. The lowest BCUT2D eigenvalue weighted by Crippen LogP contribution is -2.52. The van der Waals surface area contributed by atoms with Crippen molar-refractivity contribution < 1.29 is 4.92 Å². The fourth-order valence-corrected chi connectivity index (χ4v) is 4.02. The van der Waals surface area contributed by atoms with Crippen LogP contribution in [0, 0.1) is 10.1 Å². The standard InChI is InChI=1S/C21H23N5O3/c1-2-16-13-25(9-8-24(16)12-15-6-4-3-5-7-15)19-11-18-17(10-20(19)26(28)29)21(27)23-14-22-18/h3-7,10-11,14,16H,2,8-9,12-13H2,1H3,(H,22,23,27). The summed E-state index contributed by atoms with van der Waals surface area (Å²) in [6.45, 7) is 5.19. The van der Waals surface area contributed by atoms with Crippen LogP contribution >= 0.6 is 0 Å². The van der Waals surface area contributed by atoms with Crippen LogP contribution in [-0.2, 0) is 6.54 Å². The van der Waals surface area contributed by atoms with Crippen LogP contribution < -0.4 is 10.5 Å². The lowest BCUT2D eigenvalue weighted by Gasteiger charge is -2.42. The maximum atomic E-state index is 12.0. The highest BCUT2D eigenvalue weighted by Crippen LogP contribution is 2.33. The molecule has 0 spiro atoms. The summed E-state index contributed by atoms with van der Waals surface area (Å²) in [5, 5.41) is 11.9. The van der Waals surface area contributed by atoms with Crippen LogP contribution in [0.2, 0.25) is 0 Å². The van der Waals surface area contributed by atoms with Crippen molar-refractivity contribution >= 4 is 22.3 Å². The number of nitrogens with one attached hydrogen (secondary N) is 1. The molecule has 1 fully saturated rings. The zero-order valence-corrected chi connectivity index (χ0v) is 16.2. The highest BCUT2D eigenvalue weighted by atomic mass is 16.6. The Morgan fingerprint density at radius 1 is 1.24 bits per heavy atom. The average molecular weight is 393 g/mol. The van der Waals surface area contributed by atoms with Gasteiger partial charge in [-0.05, 0) is 18.1 Å². The monoisotopic (exact) mass is 393 g/mol. The van der Waals surface area contributed by atoms with E-state index in [2.05, 4.69) is 38.8 Å². The van der Waals surface area contributed by atoms with E-state index in [4.69, 9.17) is 0 Å². The number of aromatic amines is 1. The minimum Gasteiger partial charge on any atom is -0.363 e. The first kappa shape index (κ1) is 19.1. The number of nitro benzene ring substituents is 1. The maximum absolute atomic E-state index is 12.0. The number of nitro groups is 1. The maximum Gasteiger partial charge on any atom is 0.293 e. The van der Waals surface area contributed by atoms with Crippen LogP contribution in [0.4, 0.5) is 11.4 Å². The van der Waals surface area contributed by atoms with Gasteiger partial charge in [-0.3, -0.25) is 19.8 Å². The Hall–Kier alpha value is -3.26. The van der Waals surface area contributed by atoms with E-state index in [0.29, 0.717) is 24.3 Å². The van der Waals surface area contributed by atoms with Gasteiger partial charge in [-0.2, -0.15) is 0 Å². The molecule has 0 radical (unpaired) electrons. The first-order chi connectivity index (χ1) is 14.1. The van der Waals surface area contributed by atoms with Gasteiger partial charge < -0.3 is 9.88 Å². The predicted molar refractivity (Wildman–Crippen MR) is 112 cm³/mol. The van der Waals surface area contributed by atoms with Crippen LogP contribution in [0.15, 0.2) is 53.6 Å². The molecule has 1 atom stereocenters. The molecule has 150 valence electrons. The summed E-state index contributed by atoms with van der Waals surface area (Å²) >= 11 is 0. The van der Waals surface area contributed by atoms with Crippen molar-refractivity contribution in [2.75, 3.05) is 24.5 Å². The third-order valence-corrected chi connectivity index (χ3v) is 5.58. The number of rotatable bonds is 5. The number of piperazine rings is 1. The average Bonchev–Trinajstić information content (AvgIpc) is 2.74. The molecule has 1 aliphatic heterocycles. The summed E-state index contributed by atoms with van der Waals surface area (Å²) in [6.07, 6.45) is 2.27. The molecule has 1 saturated heterocycles. The van der Waals surface area contributed by atoms with Crippen molar-refractivity contribution in [1.29, 1.82) is 0 Å². The second-order valence-electron chi connectivity index (χ2n) is 7.31. The lowest BCUT2D eigenvalue weighted by molar-refractivity contribution is -0.384. The Kier molecular flexibility index (Phi) is 5.26. The van der Waals surface area contributed by atoms with Gasteiger partial charge in [-0.1, -0.05) is 37.3 Å². The van der Waals surface area contributed by atoms with Gasteiger partial charge in [0.15, 0.2) is 0 Å². The van der Waals surface area contributed by atoms with E-state index in [1.807, 2.05) is 18.2 Å². The molecule has 1 unspecified atom stereocenters. The van der Waals surface area contributed by atoms with Gasteiger partial charge in [0.05, 0.1) is 22.2 Å². The normalized spacial score (nSPS) is 17.6. The van der Waals surface area contributed by atoms with Crippen molar-refractivity contribution in [2.45, 2.75) is 25.9 Å². The van der Waals surface area contributed by atoms with Gasteiger partial charge >= 0.3 is 0 Å². The molecule has 8 heteroatoms. The molecule has 1 aliphatic rings. The number of anilines is 1. The Balaban J connectivity index is 1.64. The molecule has 2 heterocycles. The van der Waals surface area contributed by atoms with Crippen LogP contribution in [0.5, 0.6) is 0 Å².